The van der Waals surface area contributed by atoms with E-state index in [2.05, 4.69) is 0 Å². The van der Waals surface area contributed by atoms with Crippen LogP contribution >= 0.6 is 0 Å². The third kappa shape index (κ3) is 3.69. The lowest BCUT2D eigenvalue weighted by Gasteiger charge is -2.36. The summed E-state index contributed by atoms with van der Waals surface area (Å²) in [4.78, 5) is 16.7. The summed E-state index contributed by atoms with van der Waals surface area (Å²) < 4.78 is 14.0. The summed E-state index contributed by atoms with van der Waals surface area (Å²) in [6.45, 7) is 2.31. The van der Waals surface area contributed by atoms with Crippen LogP contribution in [0.4, 0.5) is 10.1 Å². The van der Waals surface area contributed by atoms with Gasteiger partial charge in [0.2, 0.25) is 0 Å². The molecule has 4 nitrogen and oxygen atoms in total. The van der Waals surface area contributed by atoms with Crippen LogP contribution in [0, 0.1) is 5.82 Å². The minimum Gasteiger partial charge on any atom is -0.508 e. The van der Waals surface area contributed by atoms with Crippen LogP contribution in [0.15, 0.2) is 72.8 Å². The van der Waals surface area contributed by atoms with Gasteiger partial charge < -0.3 is 14.9 Å². The van der Waals surface area contributed by atoms with Crippen molar-refractivity contribution < 1.29 is 14.3 Å². The molecule has 0 atom stereocenters. The van der Waals surface area contributed by atoms with Gasteiger partial charge in [0.05, 0.1) is 5.69 Å². The first kappa shape index (κ1) is 18.0. The number of rotatable bonds is 3. The van der Waals surface area contributed by atoms with E-state index in [9.17, 15) is 14.3 Å². The minimum atomic E-state index is -0.233. The number of benzene rings is 3. The molecule has 1 aliphatic heterocycles. The van der Waals surface area contributed by atoms with Gasteiger partial charge in [0, 0.05) is 31.7 Å². The summed E-state index contributed by atoms with van der Waals surface area (Å²) in [5.41, 5.74) is 3.08. The second kappa shape index (κ2) is 7.72. The number of piperazine rings is 1. The van der Waals surface area contributed by atoms with Crippen LogP contribution in [0.3, 0.4) is 0 Å². The number of carbonyl (C=O) groups excluding carboxylic acids is 1. The quantitative estimate of drug-likeness (QED) is 0.746. The zero-order valence-corrected chi connectivity index (χ0v) is 15.4. The molecule has 0 spiro atoms. The highest BCUT2D eigenvalue weighted by Crippen LogP contribution is 2.24. The summed E-state index contributed by atoms with van der Waals surface area (Å²) >= 11 is 0. The molecule has 1 fully saturated rings. The van der Waals surface area contributed by atoms with Crippen LogP contribution in [0.5, 0.6) is 5.75 Å². The van der Waals surface area contributed by atoms with Crippen LogP contribution in [-0.4, -0.2) is 42.1 Å². The molecular weight excluding hydrogens is 355 g/mol. The van der Waals surface area contributed by atoms with E-state index >= 15 is 0 Å². The Hall–Kier alpha value is -3.34. The number of phenolic OH excluding ortho intramolecular Hbond substituents is 1. The average molecular weight is 376 g/mol. The second-order valence-electron chi connectivity index (χ2n) is 6.86. The third-order valence-electron chi connectivity index (χ3n) is 5.07. The number of halogens is 1. The predicted molar refractivity (Wildman–Crippen MR) is 108 cm³/mol. The maximum Gasteiger partial charge on any atom is 0.253 e. The van der Waals surface area contributed by atoms with Crippen LogP contribution < -0.4 is 4.90 Å². The van der Waals surface area contributed by atoms with Crippen LogP contribution in [0.2, 0.25) is 0 Å². The van der Waals surface area contributed by atoms with Gasteiger partial charge in [-0.05, 0) is 47.5 Å². The third-order valence-corrected chi connectivity index (χ3v) is 5.07. The minimum absolute atomic E-state index is 0.0196. The molecule has 5 heteroatoms. The van der Waals surface area contributed by atoms with Gasteiger partial charge in [-0.15, -0.1) is 0 Å². The molecule has 0 bridgehead atoms. The van der Waals surface area contributed by atoms with Gasteiger partial charge >= 0.3 is 0 Å². The molecular formula is C23H21FN2O2. The highest BCUT2D eigenvalue weighted by Gasteiger charge is 2.23. The van der Waals surface area contributed by atoms with Crippen molar-refractivity contribution in [3.63, 3.8) is 0 Å². The fourth-order valence-corrected chi connectivity index (χ4v) is 3.53. The predicted octanol–water partition coefficient (Wildman–Crippen LogP) is 4.16. The number of hydrogen-bond donors (Lipinski definition) is 1. The Kier molecular flexibility index (Phi) is 4.98. The van der Waals surface area contributed by atoms with Gasteiger partial charge in [0.25, 0.3) is 5.91 Å². The Morgan fingerprint density at radius 3 is 2.25 bits per heavy atom. The maximum absolute atomic E-state index is 14.0. The molecule has 3 aromatic rings. The standard InChI is InChI=1S/C23H21FN2O2/c24-21-6-1-2-7-22(21)25-12-14-26(15-13-25)23(28)19-5-3-4-18(16-19)17-8-10-20(27)11-9-17/h1-11,16,27H,12-15H2. The van der Waals surface area contributed by atoms with Crippen molar-refractivity contribution in [3.8, 4) is 16.9 Å². The van der Waals surface area contributed by atoms with E-state index in [1.807, 2.05) is 52.3 Å². The highest BCUT2D eigenvalue weighted by atomic mass is 19.1. The van der Waals surface area contributed by atoms with Crippen LogP contribution in [0.1, 0.15) is 10.4 Å². The van der Waals surface area contributed by atoms with Crippen molar-refractivity contribution in [2.45, 2.75) is 0 Å². The van der Waals surface area contributed by atoms with E-state index < -0.39 is 0 Å². The lowest BCUT2D eigenvalue weighted by atomic mass is 10.0. The van der Waals surface area contributed by atoms with Gasteiger partial charge in [0.15, 0.2) is 0 Å². The maximum atomic E-state index is 14.0. The molecule has 1 aliphatic rings. The first-order chi connectivity index (χ1) is 13.6. The molecule has 0 saturated carbocycles. The second-order valence-corrected chi connectivity index (χ2v) is 6.86. The summed E-state index contributed by atoms with van der Waals surface area (Å²) in [5.74, 6) is -0.0404. The number of nitrogens with zero attached hydrogens (tertiary/aromatic N) is 2. The number of phenols is 1. The van der Waals surface area contributed by atoms with E-state index in [0.717, 1.165) is 11.1 Å². The Morgan fingerprint density at radius 2 is 1.54 bits per heavy atom. The van der Waals surface area contributed by atoms with Gasteiger partial charge in [0.1, 0.15) is 11.6 Å². The fraction of sp³-hybridized carbons (Fsp3) is 0.174. The van der Waals surface area contributed by atoms with Gasteiger partial charge in [-0.1, -0.05) is 36.4 Å². The first-order valence-corrected chi connectivity index (χ1v) is 9.30. The molecule has 1 amide bonds. The van der Waals surface area contributed by atoms with E-state index in [4.69, 9.17) is 0 Å². The molecule has 142 valence electrons. The largest absolute Gasteiger partial charge is 0.508 e. The van der Waals surface area contributed by atoms with Gasteiger partial charge in [-0.3, -0.25) is 4.79 Å². The summed E-state index contributed by atoms with van der Waals surface area (Å²) in [5, 5.41) is 9.45. The zero-order valence-electron chi connectivity index (χ0n) is 15.4. The number of para-hydroxylation sites is 1. The lowest BCUT2D eigenvalue weighted by molar-refractivity contribution is 0.0746. The Balaban J connectivity index is 1.46. The lowest BCUT2D eigenvalue weighted by Crippen LogP contribution is -2.49. The molecule has 0 aromatic heterocycles. The van der Waals surface area contributed by atoms with Crippen LogP contribution in [-0.2, 0) is 0 Å². The molecule has 1 saturated heterocycles. The molecule has 0 unspecified atom stereocenters. The summed E-state index contributed by atoms with van der Waals surface area (Å²) in [6, 6.07) is 21.1. The van der Waals surface area contributed by atoms with Crippen molar-refractivity contribution >= 4 is 11.6 Å². The molecule has 0 radical (unpaired) electrons. The highest BCUT2D eigenvalue weighted by molar-refractivity contribution is 5.95. The van der Waals surface area contributed by atoms with Crippen molar-refractivity contribution in [1.29, 1.82) is 0 Å². The fourth-order valence-electron chi connectivity index (χ4n) is 3.53. The number of amides is 1. The van der Waals surface area contributed by atoms with E-state index in [0.29, 0.717) is 37.4 Å². The molecule has 1 N–H and O–H groups in total. The number of aromatic hydroxyl groups is 1. The first-order valence-electron chi connectivity index (χ1n) is 9.30. The number of anilines is 1. The zero-order chi connectivity index (χ0) is 19.5. The summed E-state index contributed by atoms with van der Waals surface area (Å²) in [6.07, 6.45) is 0. The molecule has 4 rings (SSSR count). The average Bonchev–Trinajstić information content (AvgIpc) is 2.74. The normalized spacial score (nSPS) is 14.2. The van der Waals surface area contributed by atoms with E-state index in [1.54, 1.807) is 24.3 Å². The molecule has 0 aliphatic carbocycles. The molecule has 3 aromatic carbocycles. The van der Waals surface area contributed by atoms with Crippen molar-refractivity contribution in [1.82, 2.24) is 4.90 Å². The topological polar surface area (TPSA) is 43.8 Å². The van der Waals surface area contributed by atoms with Crippen molar-refractivity contribution in [3.05, 3.63) is 84.2 Å². The number of hydrogen-bond acceptors (Lipinski definition) is 3. The van der Waals surface area contributed by atoms with Crippen LogP contribution in [0.25, 0.3) is 11.1 Å². The van der Waals surface area contributed by atoms with E-state index in [-0.39, 0.29) is 17.5 Å². The Labute approximate surface area is 163 Å². The van der Waals surface area contributed by atoms with Gasteiger partial charge in [-0.25, -0.2) is 4.39 Å². The monoisotopic (exact) mass is 376 g/mol. The number of carbonyl (C=O) groups is 1. The Morgan fingerprint density at radius 1 is 0.821 bits per heavy atom. The van der Waals surface area contributed by atoms with Crippen molar-refractivity contribution in [2.75, 3.05) is 31.1 Å². The smallest absolute Gasteiger partial charge is 0.253 e. The van der Waals surface area contributed by atoms with E-state index in [1.165, 1.54) is 6.07 Å². The molecule has 28 heavy (non-hydrogen) atoms. The SMILES string of the molecule is O=C(c1cccc(-c2ccc(O)cc2)c1)N1CCN(c2ccccc2F)CC1. The summed E-state index contributed by atoms with van der Waals surface area (Å²) in [7, 11) is 0. The molecule has 1 heterocycles. The Bertz CT molecular complexity index is 980. The van der Waals surface area contributed by atoms with Gasteiger partial charge in [-0.2, -0.15) is 0 Å². The van der Waals surface area contributed by atoms with Crippen molar-refractivity contribution in [2.24, 2.45) is 0 Å².